The Bertz CT molecular complexity index is 2090. The van der Waals surface area contributed by atoms with Crippen molar-refractivity contribution in [1.82, 2.24) is 10.6 Å². The lowest BCUT2D eigenvalue weighted by Crippen LogP contribution is -2.67. The fourth-order valence-electron chi connectivity index (χ4n) is 14.1. The average molecular weight is 1480 g/mol. The Morgan fingerprint density at radius 1 is 0.422 bits per heavy atom. The highest BCUT2D eigenvalue weighted by molar-refractivity contribution is 7.46. The number of amides is 2. The third-order valence-corrected chi connectivity index (χ3v) is 20.9. The average Bonchev–Trinajstić information content (AvgIpc) is 0.789. The van der Waals surface area contributed by atoms with E-state index in [2.05, 4.69) is 52.2 Å². The summed E-state index contributed by atoms with van der Waals surface area (Å²) in [6.45, 7) is 11.8. The van der Waals surface area contributed by atoms with Gasteiger partial charge in [0.2, 0.25) is 11.8 Å². The number of hydrogen-bond acceptors (Lipinski definition) is 17. The van der Waals surface area contributed by atoms with Crippen LogP contribution in [0, 0.1) is 11.8 Å². The summed E-state index contributed by atoms with van der Waals surface area (Å²) in [4.78, 5) is 75.8. The van der Waals surface area contributed by atoms with Crippen LogP contribution in [0.25, 0.3) is 0 Å². The Morgan fingerprint density at radius 3 is 1.20 bits per heavy atom. The molecule has 2 aliphatic heterocycles. The Kier molecular flexibility index (Phi) is 57.7. The van der Waals surface area contributed by atoms with Gasteiger partial charge in [-0.3, -0.25) is 23.7 Å². The molecule has 2 amide bonds. The second-order valence-electron chi connectivity index (χ2n) is 31.2. The molecule has 102 heavy (non-hydrogen) atoms. The number of aliphatic hydroxyl groups is 6. The van der Waals surface area contributed by atoms with Gasteiger partial charge in [0.1, 0.15) is 48.7 Å². The van der Waals surface area contributed by atoms with Crippen LogP contribution in [0.2, 0.25) is 0 Å². The predicted octanol–water partition coefficient (Wildman–Crippen LogP) is 16.2. The molecule has 2 aliphatic rings. The monoisotopic (exact) mass is 1480 g/mol. The number of carbonyl (C=O) groups is 4. The zero-order valence-corrected chi connectivity index (χ0v) is 66.0. The van der Waals surface area contributed by atoms with Crippen molar-refractivity contribution in [3.8, 4) is 0 Å². The molecule has 3 unspecified atom stereocenters. The summed E-state index contributed by atoms with van der Waals surface area (Å²) >= 11 is 0. The topological polar surface area (TPSA) is 327 Å². The second kappa shape index (κ2) is 61.5. The number of phosphoric ester groups is 1. The van der Waals surface area contributed by atoms with E-state index in [0.29, 0.717) is 32.1 Å². The normalized spacial score (nSPS) is 21.9. The number of hydrogen-bond donors (Lipinski definition) is 10. The first-order chi connectivity index (χ1) is 49.1. The number of rotatable bonds is 68. The minimum Gasteiger partial charge on any atom is -0.462 e. The van der Waals surface area contributed by atoms with E-state index < -0.39 is 137 Å². The van der Waals surface area contributed by atoms with Gasteiger partial charge in [0.05, 0.1) is 44.7 Å². The minimum atomic E-state index is -5.52. The summed E-state index contributed by atoms with van der Waals surface area (Å²) < 4.78 is 47.7. The number of ether oxygens (including phenoxy) is 5. The molecule has 0 aromatic rings. The van der Waals surface area contributed by atoms with E-state index in [1.165, 1.54) is 173 Å². The highest BCUT2D eigenvalue weighted by atomic mass is 31.2. The van der Waals surface area contributed by atoms with Gasteiger partial charge in [0, 0.05) is 6.42 Å². The molecule has 2 heterocycles. The number of unbranched alkanes of at least 4 members (excludes halogenated alkanes) is 40. The van der Waals surface area contributed by atoms with Crippen LogP contribution in [0.3, 0.4) is 0 Å². The Labute approximate surface area is 618 Å². The van der Waals surface area contributed by atoms with Crippen LogP contribution in [-0.4, -0.2) is 157 Å². The van der Waals surface area contributed by atoms with Crippen molar-refractivity contribution in [2.24, 2.45) is 11.8 Å². The van der Waals surface area contributed by atoms with Crippen molar-refractivity contribution in [3.05, 3.63) is 0 Å². The van der Waals surface area contributed by atoms with E-state index in [1.807, 2.05) is 0 Å². The summed E-state index contributed by atoms with van der Waals surface area (Å²) in [6.07, 6.45) is 33.5. The van der Waals surface area contributed by atoms with Gasteiger partial charge < -0.3 is 74.7 Å². The molecule has 0 aliphatic carbocycles. The van der Waals surface area contributed by atoms with Crippen molar-refractivity contribution in [3.63, 3.8) is 0 Å². The van der Waals surface area contributed by atoms with Crippen molar-refractivity contribution in [1.29, 1.82) is 0 Å². The van der Waals surface area contributed by atoms with Gasteiger partial charge in [0.15, 0.2) is 18.7 Å². The SMILES string of the molecule is CCCCCCCCCCCCCCCC(=O)OC(CCCCCCCCCCCCC(C)C)CC(=O)N[C@H]1[C@H](OC[C@H]2O[C@@H](OP(=O)(O)O)[C@H](NC(=O)CC(O)CCCCCCCCCCCCC(C)C)[C@@H](OC(=O)CC(O)CCCCCCCCCCCCC)[C@@H]2O)O[C@H](CO)[C@@H](O)[C@@H]1O. The maximum atomic E-state index is 14.2. The molecule has 13 atom stereocenters. The first-order valence-corrected chi connectivity index (χ1v) is 43.3. The van der Waals surface area contributed by atoms with Crippen LogP contribution in [0.5, 0.6) is 0 Å². The van der Waals surface area contributed by atoms with Gasteiger partial charge in [-0.15, -0.1) is 0 Å². The van der Waals surface area contributed by atoms with Gasteiger partial charge in [-0.25, -0.2) is 4.57 Å². The van der Waals surface area contributed by atoms with Crippen molar-refractivity contribution >= 4 is 31.6 Å². The fraction of sp³-hybridized carbons (Fsp3) is 0.950. The third-order valence-electron chi connectivity index (χ3n) is 20.4. The molecule has 0 spiro atoms. The van der Waals surface area contributed by atoms with E-state index in [-0.39, 0.29) is 25.7 Å². The first kappa shape index (κ1) is 95.7. The number of esters is 2. The summed E-state index contributed by atoms with van der Waals surface area (Å²) in [5.74, 6) is -1.51. The molecule has 2 rings (SSSR count). The molecule has 0 aromatic carbocycles. The largest absolute Gasteiger partial charge is 0.472 e. The smallest absolute Gasteiger partial charge is 0.462 e. The van der Waals surface area contributed by atoms with Gasteiger partial charge in [-0.1, -0.05) is 324 Å². The van der Waals surface area contributed by atoms with Crippen molar-refractivity contribution < 1.29 is 92.4 Å². The summed E-state index contributed by atoms with van der Waals surface area (Å²) in [6, 6.07) is -3.38. The number of nitrogens with one attached hydrogen (secondary N) is 2. The van der Waals surface area contributed by atoms with E-state index in [1.54, 1.807) is 0 Å². The van der Waals surface area contributed by atoms with E-state index in [9.17, 15) is 64.2 Å². The number of carbonyl (C=O) groups excluding carboxylic acids is 4. The molecule has 602 valence electrons. The molecule has 0 radical (unpaired) electrons. The van der Waals surface area contributed by atoms with Crippen LogP contribution in [0.15, 0.2) is 0 Å². The lowest BCUT2D eigenvalue weighted by atomic mass is 9.95. The van der Waals surface area contributed by atoms with Crippen LogP contribution < -0.4 is 10.6 Å². The maximum absolute atomic E-state index is 14.2. The Balaban J connectivity index is 2.28. The standard InChI is InChI=1S/C80H153N2O19P/c1-7-9-11-13-15-17-19-20-22-32-38-44-50-56-71(88)97-66(55-49-43-37-31-26-24-28-34-40-46-52-63(5)6)59-70(87)81-73-77(92)75(90)67(60-83)98-79(73)96-61-68-76(91)78(100-72(89)58-65(85)54-48-42-36-29-21-18-16-14-12-10-8-2)74(80(99-68)101-102(93,94)95)82-69(86)57-64(84)53-47-41-35-30-25-23-27-33-39-45-51-62(3)4/h62-68,73-80,83-85,90-92H,7-61H2,1-6H3,(H,81,87)(H,82,86)(H2,93,94,95)/t64?,65?,66?,67-,68-,73-,74-,75-,76-,77-,78-,79-,80+/m1/s1. The van der Waals surface area contributed by atoms with Crippen LogP contribution in [0.4, 0.5) is 0 Å². The fourth-order valence-corrected chi connectivity index (χ4v) is 14.6. The molecule has 21 nitrogen and oxygen atoms in total. The molecule has 0 bridgehead atoms. The van der Waals surface area contributed by atoms with E-state index >= 15 is 0 Å². The van der Waals surface area contributed by atoms with Gasteiger partial charge >= 0.3 is 19.8 Å². The van der Waals surface area contributed by atoms with E-state index in [0.717, 1.165) is 108 Å². The number of phosphoric acid groups is 1. The molecule has 2 saturated heterocycles. The molecule has 2 fully saturated rings. The third kappa shape index (κ3) is 49.6. The highest BCUT2D eigenvalue weighted by Crippen LogP contribution is 2.42. The van der Waals surface area contributed by atoms with E-state index in [4.69, 9.17) is 28.2 Å². The number of aliphatic hydroxyl groups excluding tert-OH is 6. The van der Waals surface area contributed by atoms with Gasteiger partial charge in [-0.05, 0) is 43.9 Å². The Hall–Kier alpha value is -2.37. The quantitative estimate of drug-likeness (QED) is 0.0154. The lowest BCUT2D eigenvalue weighted by molar-refractivity contribution is -0.297. The lowest BCUT2D eigenvalue weighted by Gasteiger charge is -2.45. The molecule has 10 N–H and O–H groups in total. The zero-order valence-electron chi connectivity index (χ0n) is 65.1. The molecular weight excluding hydrogens is 1320 g/mol. The second-order valence-corrected chi connectivity index (χ2v) is 32.4. The maximum Gasteiger partial charge on any atom is 0.472 e. The predicted molar refractivity (Wildman–Crippen MR) is 403 cm³/mol. The molecular formula is C80H153N2O19P. The molecule has 0 saturated carbocycles. The van der Waals surface area contributed by atoms with Gasteiger partial charge in [0.25, 0.3) is 0 Å². The van der Waals surface area contributed by atoms with Crippen molar-refractivity contribution in [2.45, 2.75) is 461 Å². The minimum absolute atomic E-state index is 0.194. The zero-order chi connectivity index (χ0) is 75.0. The summed E-state index contributed by atoms with van der Waals surface area (Å²) in [5.41, 5.74) is 0. The molecule has 22 heteroatoms. The van der Waals surface area contributed by atoms with Crippen LogP contribution in [-0.2, 0) is 52.0 Å². The highest BCUT2D eigenvalue weighted by Gasteiger charge is 2.52. The van der Waals surface area contributed by atoms with Gasteiger partial charge in [-0.2, -0.15) is 0 Å². The molecule has 0 aromatic heterocycles. The summed E-state index contributed by atoms with van der Waals surface area (Å²) in [5, 5.41) is 72.5. The van der Waals surface area contributed by atoms with Crippen molar-refractivity contribution in [2.75, 3.05) is 13.2 Å². The summed E-state index contributed by atoms with van der Waals surface area (Å²) in [7, 11) is -5.52. The van der Waals surface area contributed by atoms with Crippen LogP contribution >= 0.6 is 7.82 Å². The van der Waals surface area contributed by atoms with Crippen LogP contribution in [0.1, 0.15) is 382 Å². The first-order valence-electron chi connectivity index (χ1n) is 41.7. The Morgan fingerprint density at radius 2 is 0.784 bits per heavy atom.